The first kappa shape index (κ1) is 20.4. The predicted molar refractivity (Wildman–Crippen MR) is 131 cm³/mol. The molecule has 3 aromatic rings. The summed E-state index contributed by atoms with van der Waals surface area (Å²) in [7, 11) is 0. The van der Waals surface area contributed by atoms with Crippen LogP contribution in [0.1, 0.15) is 82.4 Å². The van der Waals surface area contributed by atoms with E-state index in [1.807, 2.05) is 0 Å². The molecule has 4 heteroatoms. The molecule has 160 valence electrons. The second kappa shape index (κ2) is 7.89. The molecule has 2 aliphatic heterocycles. The molecule has 0 unspecified atom stereocenters. The van der Waals surface area contributed by atoms with E-state index in [4.69, 9.17) is 0 Å². The highest BCUT2D eigenvalue weighted by atomic mass is 15.3. The van der Waals surface area contributed by atoms with E-state index >= 15 is 0 Å². The summed E-state index contributed by atoms with van der Waals surface area (Å²) in [4.78, 5) is 2.71. The number of nitrogens with zero attached hydrogens (tertiary/aromatic N) is 3. The van der Waals surface area contributed by atoms with Gasteiger partial charge in [0.15, 0.2) is 0 Å². The van der Waals surface area contributed by atoms with Gasteiger partial charge in [-0.15, -0.1) is 0 Å². The monoisotopic (exact) mass is 412 g/mol. The Morgan fingerprint density at radius 3 is 2.35 bits per heavy atom. The van der Waals surface area contributed by atoms with Crippen LogP contribution < -0.4 is 14.8 Å². The maximum atomic E-state index is 2.71. The third-order valence-electron chi connectivity index (χ3n) is 7.16. The number of rotatable bonds is 7. The molecule has 0 fully saturated rings. The van der Waals surface area contributed by atoms with Gasteiger partial charge in [0, 0.05) is 23.3 Å². The topological polar surface area (TPSA) is 12.1 Å². The largest absolute Gasteiger partial charge is 0.537 e. The Balaban J connectivity index is 1.77. The molecule has 0 radical (unpaired) electrons. The van der Waals surface area contributed by atoms with Crippen LogP contribution in [0.15, 0.2) is 48.8 Å². The van der Waals surface area contributed by atoms with Crippen molar-refractivity contribution in [3.8, 4) is 11.4 Å². The van der Waals surface area contributed by atoms with Crippen LogP contribution in [-0.2, 0) is 6.54 Å². The molecule has 1 aromatic heterocycles. The normalized spacial score (nSPS) is 14.2. The molecule has 3 nitrogen and oxygen atoms in total. The molecule has 3 heterocycles. The molecule has 2 aromatic carbocycles. The Kier molecular flexibility index (Phi) is 5.20. The van der Waals surface area contributed by atoms with Gasteiger partial charge in [0.2, 0.25) is 0 Å². The minimum atomic E-state index is 0.213. The van der Waals surface area contributed by atoms with Crippen molar-refractivity contribution in [3.63, 3.8) is 0 Å². The number of aromatic nitrogens is 2. The summed E-state index contributed by atoms with van der Waals surface area (Å²) in [5.41, 5.74) is 8.83. The van der Waals surface area contributed by atoms with E-state index in [0.29, 0.717) is 11.8 Å². The van der Waals surface area contributed by atoms with Gasteiger partial charge in [0.25, 0.3) is 5.82 Å². The van der Waals surface area contributed by atoms with Crippen LogP contribution in [0.25, 0.3) is 11.4 Å². The van der Waals surface area contributed by atoms with E-state index in [1.165, 1.54) is 58.5 Å². The average Bonchev–Trinajstić information content (AvgIpc) is 3.33. The van der Waals surface area contributed by atoms with E-state index in [9.17, 15) is 0 Å². The first-order chi connectivity index (χ1) is 15.0. The summed E-state index contributed by atoms with van der Waals surface area (Å²) in [6.07, 6.45) is 8.37. The third kappa shape index (κ3) is 3.14. The highest BCUT2D eigenvalue weighted by molar-refractivity contribution is 6.71. The summed E-state index contributed by atoms with van der Waals surface area (Å²) < 4.78 is 5.01. The third-order valence-corrected chi connectivity index (χ3v) is 7.16. The van der Waals surface area contributed by atoms with Crippen LogP contribution in [0.3, 0.4) is 0 Å². The number of hydrogen-bond donors (Lipinski definition) is 0. The second-order valence-electron chi connectivity index (χ2n) is 9.90. The van der Waals surface area contributed by atoms with Crippen molar-refractivity contribution in [1.29, 1.82) is 0 Å². The van der Waals surface area contributed by atoms with E-state index in [2.05, 4.69) is 97.3 Å². The van der Waals surface area contributed by atoms with Crippen molar-refractivity contribution in [3.05, 3.63) is 65.5 Å². The second-order valence-corrected chi connectivity index (χ2v) is 9.90. The molecule has 0 atom stereocenters. The molecule has 0 saturated carbocycles. The fraction of sp³-hybridized carbons (Fsp3) is 0.444. The Morgan fingerprint density at radius 2 is 1.68 bits per heavy atom. The van der Waals surface area contributed by atoms with Crippen LogP contribution >= 0.6 is 0 Å². The minimum absolute atomic E-state index is 0.213. The Morgan fingerprint density at radius 1 is 0.968 bits per heavy atom. The predicted octanol–water partition coefficient (Wildman–Crippen LogP) is 5.30. The zero-order valence-corrected chi connectivity index (χ0v) is 19.7. The quantitative estimate of drug-likeness (QED) is 0.296. The molecule has 0 spiro atoms. The molecule has 5 rings (SSSR count). The molecular weight excluding hydrogens is 377 g/mol. The SMILES string of the molecule is CCCCCN1B(c2c(C(C)C)cccc2C(C)C)[n+]2ccn3c2-c2c(cccc21)C3. The Bertz CT molecular complexity index is 1090. The summed E-state index contributed by atoms with van der Waals surface area (Å²) in [5.74, 6) is 2.38. The lowest BCUT2D eigenvalue weighted by Gasteiger charge is -2.35. The first-order valence-electron chi connectivity index (χ1n) is 12.1. The smallest absolute Gasteiger partial charge is 0.369 e. The maximum Gasteiger partial charge on any atom is 0.537 e. The van der Waals surface area contributed by atoms with E-state index in [-0.39, 0.29) is 6.98 Å². The zero-order valence-electron chi connectivity index (χ0n) is 19.7. The van der Waals surface area contributed by atoms with Gasteiger partial charge >= 0.3 is 6.98 Å². The van der Waals surface area contributed by atoms with Gasteiger partial charge in [-0.25, -0.2) is 4.57 Å². The summed E-state index contributed by atoms with van der Waals surface area (Å²) >= 11 is 0. The van der Waals surface area contributed by atoms with Gasteiger partial charge in [-0.3, -0.25) is 4.48 Å². The molecule has 0 amide bonds. The fourth-order valence-electron chi connectivity index (χ4n) is 5.70. The highest BCUT2D eigenvalue weighted by Crippen LogP contribution is 2.41. The molecule has 0 saturated heterocycles. The number of hydrogen-bond acceptors (Lipinski definition) is 1. The molecule has 0 N–H and O–H groups in total. The van der Waals surface area contributed by atoms with Gasteiger partial charge in [0.1, 0.15) is 18.9 Å². The van der Waals surface area contributed by atoms with Gasteiger partial charge < -0.3 is 4.81 Å². The van der Waals surface area contributed by atoms with Crippen LogP contribution in [-0.4, -0.2) is 18.1 Å². The van der Waals surface area contributed by atoms with Crippen molar-refractivity contribution in [2.24, 2.45) is 0 Å². The van der Waals surface area contributed by atoms with Crippen LogP contribution in [0.4, 0.5) is 5.69 Å². The van der Waals surface area contributed by atoms with Gasteiger partial charge in [-0.1, -0.05) is 77.8 Å². The lowest BCUT2D eigenvalue weighted by atomic mass is 9.57. The molecule has 31 heavy (non-hydrogen) atoms. The highest BCUT2D eigenvalue weighted by Gasteiger charge is 2.49. The molecule has 0 bridgehead atoms. The van der Waals surface area contributed by atoms with E-state index in [0.717, 1.165) is 13.1 Å². The van der Waals surface area contributed by atoms with Crippen molar-refractivity contribution >= 4 is 18.1 Å². The summed E-state index contributed by atoms with van der Waals surface area (Å²) in [5, 5.41) is 0. The van der Waals surface area contributed by atoms with Crippen LogP contribution in [0.5, 0.6) is 0 Å². The number of unbranched alkanes of at least 4 members (excludes halogenated alkanes) is 2. The average molecular weight is 412 g/mol. The van der Waals surface area contributed by atoms with Gasteiger partial charge in [0.05, 0.1) is 5.56 Å². The summed E-state index contributed by atoms with van der Waals surface area (Å²) in [6.45, 7) is 14.0. The lowest BCUT2D eigenvalue weighted by molar-refractivity contribution is -0.523. The summed E-state index contributed by atoms with van der Waals surface area (Å²) in [6, 6.07) is 13.9. The van der Waals surface area contributed by atoms with Gasteiger partial charge in [-0.2, -0.15) is 0 Å². The number of benzene rings is 2. The van der Waals surface area contributed by atoms with Crippen molar-refractivity contribution in [2.45, 2.75) is 72.3 Å². The molecule has 0 aliphatic carbocycles. The number of imidazole rings is 1. The van der Waals surface area contributed by atoms with Gasteiger partial charge in [-0.05, 0) is 35.4 Å². The zero-order chi connectivity index (χ0) is 21.7. The number of anilines is 1. The Hall–Kier alpha value is -2.49. The fourth-order valence-corrected chi connectivity index (χ4v) is 5.70. The lowest BCUT2D eigenvalue weighted by Crippen LogP contribution is -2.72. The van der Waals surface area contributed by atoms with Crippen molar-refractivity contribution < 1.29 is 4.48 Å². The van der Waals surface area contributed by atoms with E-state index < -0.39 is 0 Å². The van der Waals surface area contributed by atoms with Crippen LogP contribution in [0, 0.1) is 0 Å². The molecular formula is C27H35BN3+. The Labute approximate surface area is 187 Å². The van der Waals surface area contributed by atoms with E-state index in [1.54, 1.807) is 0 Å². The van der Waals surface area contributed by atoms with Crippen molar-refractivity contribution in [1.82, 2.24) is 4.57 Å². The van der Waals surface area contributed by atoms with Crippen LogP contribution in [0.2, 0.25) is 0 Å². The first-order valence-corrected chi connectivity index (χ1v) is 12.1. The standard InChI is InChI=1S/C27H35BN3/c1-6-7-8-15-30-24-14-9-11-21-18-29-16-17-31(27(29)25(21)24)28(30)26-22(19(2)3)12-10-13-23(26)20(4)5/h9-14,16-17,19-20H,6-8,15,18H2,1-5H3/q+1. The maximum absolute atomic E-state index is 2.71. The minimum Gasteiger partial charge on any atom is -0.369 e. The van der Waals surface area contributed by atoms with Crippen molar-refractivity contribution in [2.75, 3.05) is 11.4 Å². The molecule has 2 aliphatic rings.